The lowest BCUT2D eigenvalue weighted by Crippen LogP contribution is -2.09. The predicted molar refractivity (Wildman–Crippen MR) is 359 cm³/mol. The normalized spacial score (nSPS) is 10.9. The van der Waals surface area contributed by atoms with E-state index in [-0.39, 0.29) is 0 Å². The van der Waals surface area contributed by atoms with E-state index in [1.54, 1.807) is 0 Å². The number of aryl methyl sites for hydroxylation is 4. The SMILES string of the molecule is Cc1cc(C)cc(-c2ccc(-c3ccc(-c4ccc(-c5cc(C)cc(C)c5)cc4)cc3)cc2)c1.c1ccc(N(c2ccccc2)c2ccc(-c3ccc(-c4ccc(-c5ccc(N(c6ccccc6)c6ccccc6)cc5)cc4)cc3)cc2)cc1. The molecule has 0 aliphatic carbocycles. The van der Waals surface area contributed by atoms with Crippen molar-refractivity contribution in [1.82, 2.24) is 0 Å². The number of rotatable bonds is 13. The molecule has 0 saturated heterocycles. The van der Waals surface area contributed by atoms with Gasteiger partial charge in [-0.2, -0.15) is 0 Å². The summed E-state index contributed by atoms with van der Waals surface area (Å²) in [6.07, 6.45) is 0. The van der Waals surface area contributed by atoms with Gasteiger partial charge in [-0.3, -0.25) is 0 Å². The summed E-state index contributed by atoms with van der Waals surface area (Å²) in [4.78, 5) is 4.57. The van der Waals surface area contributed by atoms with Gasteiger partial charge in [0.05, 0.1) is 0 Å². The summed E-state index contributed by atoms with van der Waals surface area (Å²) in [5.74, 6) is 0. The maximum Gasteiger partial charge on any atom is 0.0462 e. The summed E-state index contributed by atoms with van der Waals surface area (Å²) in [6, 6.07) is 118. The third kappa shape index (κ3) is 12.7. The summed E-state index contributed by atoms with van der Waals surface area (Å²) in [5.41, 5.74) is 29.2. The molecule has 13 aromatic carbocycles. The van der Waals surface area contributed by atoms with Crippen LogP contribution in [0.2, 0.25) is 0 Å². The minimum atomic E-state index is 1.13. The van der Waals surface area contributed by atoms with Crippen LogP contribution in [0.3, 0.4) is 0 Å². The maximum atomic E-state index is 2.29. The van der Waals surface area contributed by atoms with E-state index in [4.69, 9.17) is 0 Å². The molecule has 0 aromatic heterocycles. The lowest BCUT2D eigenvalue weighted by molar-refractivity contribution is 1.28. The molecule has 0 heterocycles. The Balaban J connectivity index is 0.000000178. The van der Waals surface area contributed by atoms with Crippen molar-refractivity contribution in [2.75, 3.05) is 9.80 Å². The van der Waals surface area contributed by atoms with Crippen molar-refractivity contribution in [2.24, 2.45) is 0 Å². The molecular formula is C82H66N2. The van der Waals surface area contributed by atoms with Gasteiger partial charge in [0, 0.05) is 34.1 Å². The molecule has 0 atom stereocenters. The van der Waals surface area contributed by atoms with Crippen molar-refractivity contribution in [3.63, 3.8) is 0 Å². The third-order valence-corrected chi connectivity index (χ3v) is 15.5. The first-order valence-electron chi connectivity index (χ1n) is 28.9. The van der Waals surface area contributed by atoms with Gasteiger partial charge in [-0.1, -0.05) is 277 Å². The molecule has 0 amide bonds. The van der Waals surface area contributed by atoms with Gasteiger partial charge in [-0.25, -0.2) is 0 Å². The average Bonchev–Trinajstić information content (AvgIpc) is 3.72. The van der Waals surface area contributed by atoms with Crippen LogP contribution >= 0.6 is 0 Å². The van der Waals surface area contributed by atoms with Gasteiger partial charge in [-0.15, -0.1) is 0 Å². The highest BCUT2D eigenvalue weighted by Crippen LogP contribution is 2.38. The van der Waals surface area contributed by atoms with Gasteiger partial charge in [0.25, 0.3) is 0 Å². The molecule has 0 N–H and O–H groups in total. The van der Waals surface area contributed by atoms with Gasteiger partial charge in [0.2, 0.25) is 0 Å². The molecule has 0 unspecified atom stereocenters. The molecule has 13 rings (SSSR count). The van der Waals surface area contributed by atoms with Gasteiger partial charge in [0.15, 0.2) is 0 Å². The number of anilines is 6. The Hall–Kier alpha value is -10.5. The van der Waals surface area contributed by atoms with Crippen LogP contribution in [0.4, 0.5) is 34.1 Å². The van der Waals surface area contributed by atoms with Crippen molar-refractivity contribution in [3.8, 4) is 77.9 Å². The fourth-order valence-electron chi connectivity index (χ4n) is 11.4. The first kappa shape index (κ1) is 54.1. The molecule has 0 radical (unpaired) electrons. The molecule has 0 saturated carbocycles. The van der Waals surface area contributed by atoms with Crippen LogP contribution in [0, 0.1) is 27.7 Å². The Morgan fingerprint density at radius 2 is 0.286 bits per heavy atom. The number of hydrogen-bond acceptors (Lipinski definition) is 2. The number of nitrogens with zero attached hydrogens (tertiary/aromatic N) is 2. The molecule has 0 aliphatic heterocycles. The van der Waals surface area contributed by atoms with E-state index in [1.807, 2.05) is 0 Å². The molecule has 0 fully saturated rings. The molecule has 2 heteroatoms. The second-order valence-corrected chi connectivity index (χ2v) is 21.7. The largest absolute Gasteiger partial charge is 0.311 e. The van der Waals surface area contributed by atoms with Gasteiger partial charge >= 0.3 is 0 Å². The number of benzene rings is 13. The van der Waals surface area contributed by atoms with Gasteiger partial charge in [0.1, 0.15) is 0 Å². The Kier molecular flexibility index (Phi) is 16.1. The van der Waals surface area contributed by atoms with Gasteiger partial charge < -0.3 is 9.80 Å². The summed E-state index contributed by atoms with van der Waals surface area (Å²) in [6.45, 7) is 8.62. The van der Waals surface area contributed by atoms with E-state index >= 15 is 0 Å². The predicted octanol–water partition coefficient (Wildman–Crippen LogP) is 23.2. The average molecular weight is 1080 g/mol. The minimum absolute atomic E-state index is 1.13. The molecule has 0 bridgehead atoms. The Labute approximate surface area is 496 Å². The molecule has 2 nitrogen and oxygen atoms in total. The van der Waals surface area contributed by atoms with E-state index in [2.05, 4.69) is 365 Å². The highest BCUT2D eigenvalue weighted by molar-refractivity contribution is 5.82. The Morgan fingerprint density at radius 3 is 0.464 bits per heavy atom. The van der Waals surface area contributed by atoms with E-state index in [1.165, 1.54) is 100 Å². The first-order chi connectivity index (χ1) is 41.2. The first-order valence-corrected chi connectivity index (χ1v) is 28.9. The summed E-state index contributed by atoms with van der Waals surface area (Å²) in [5, 5.41) is 0. The van der Waals surface area contributed by atoms with Crippen LogP contribution in [0.25, 0.3) is 77.9 Å². The topological polar surface area (TPSA) is 6.48 Å². The second-order valence-electron chi connectivity index (χ2n) is 21.7. The number of para-hydroxylation sites is 4. The highest BCUT2D eigenvalue weighted by Gasteiger charge is 2.15. The quantitative estimate of drug-likeness (QED) is 0.114. The molecule has 404 valence electrons. The molecule has 0 spiro atoms. The zero-order chi connectivity index (χ0) is 57.2. The fourth-order valence-corrected chi connectivity index (χ4v) is 11.4. The van der Waals surface area contributed by atoms with E-state index in [0.717, 1.165) is 34.1 Å². The number of hydrogen-bond donors (Lipinski definition) is 0. The smallest absolute Gasteiger partial charge is 0.0462 e. The van der Waals surface area contributed by atoms with Crippen LogP contribution in [0.15, 0.2) is 328 Å². The van der Waals surface area contributed by atoms with Crippen LogP contribution in [-0.2, 0) is 0 Å². The van der Waals surface area contributed by atoms with Crippen molar-refractivity contribution in [2.45, 2.75) is 27.7 Å². The Bertz CT molecular complexity index is 3830. The molecular weight excluding hydrogens is 1010 g/mol. The van der Waals surface area contributed by atoms with E-state index < -0.39 is 0 Å². The summed E-state index contributed by atoms with van der Waals surface area (Å²) in [7, 11) is 0. The third-order valence-electron chi connectivity index (χ3n) is 15.5. The van der Waals surface area contributed by atoms with Crippen LogP contribution < -0.4 is 9.80 Å². The molecule has 13 aromatic rings. The van der Waals surface area contributed by atoms with E-state index in [0.29, 0.717) is 0 Å². The van der Waals surface area contributed by atoms with Crippen LogP contribution in [0.5, 0.6) is 0 Å². The van der Waals surface area contributed by atoms with Crippen LogP contribution in [0.1, 0.15) is 22.3 Å². The van der Waals surface area contributed by atoms with Crippen molar-refractivity contribution >= 4 is 34.1 Å². The summed E-state index contributed by atoms with van der Waals surface area (Å²) < 4.78 is 0. The standard InChI is InChI=1S/C48H36N2.C34H30/c1-5-13-43(14-6-1)49(44-15-7-2-8-16-44)47-33-29-41(30-34-47)39-25-21-37(22-26-39)38-23-27-40(28-24-38)42-31-35-48(36-32-42)50(45-17-9-3-10-18-45)46-19-11-4-12-20-46;1-23-17-24(2)20-33(19-23)31-13-9-29(10-14-31)27-5-7-28(8-6-27)30-11-15-32(16-12-30)34-21-25(3)18-26(4)22-34/h1-36H;5-22H,1-4H3. The van der Waals surface area contributed by atoms with Gasteiger partial charge in [-0.05, 0) is 178 Å². The zero-order valence-corrected chi connectivity index (χ0v) is 48.1. The zero-order valence-electron chi connectivity index (χ0n) is 48.1. The van der Waals surface area contributed by atoms with E-state index in [9.17, 15) is 0 Å². The maximum absolute atomic E-state index is 2.29. The lowest BCUT2D eigenvalue weighted by atomic mass is 9.95. The highest BCUT2D eigenvalue weighted by atomic mass is 15.1. The molecule has 0 aliphatic rings. The summed E-state index contributed by atoms with van der Waals surface area (Å²) >= 11 is 0. The fraction of sp³-hybridized carbons (Fsp3) is 0.0488. The Morgan fingerprint density at radius 1 is 0.143 bits per heavy atom. The van der Waals surface area contributed by atoms with Crippen LogP contribution in [-0.4, -0.2) is 0 Å². The van der Waals surface area contributed by atoms with Crippen molar-refractivity contribution in [3.05, 3.63) is 350 Å². The second kappa shape index (κ2) is 25.1. The monoisotopic (exact) mass is 1080 g/mol. The molecule has 84 heavy (non-hydrogen) atoms. The lowest BCUT2D eigenvalue weighted by Gasteiger charge is -2.25. The van der Waals surface area contributed by atoms with Crippen molar-refractivity contribution in [1.29, 1.82) is 0 Å². The minimum Gasteiger partial charge on any atom is -0.311 e. The van der Waals surface area contributed by atoms with Crippen molar-refractivity contribution < 1.29 is 0 Å².